The van der Waals surface area contributed by atoms with Gasteiger partial charge < -0.3 is 10.5 Å². The Hall–Kier alpha value is -1.34. The number of hydrogen-bond acceptors (Lipinski definition) is 6. The fraction of sp³-hybridized carbons (Fsp3) is 0.100. The lowest BCUT2D eigenvalue weighted by atomic mass is 10.5. The largest absolute Gasteiger partial charge is 0.481 e. The molecule has 0 unspecified atom stereocenters. The van der Waals surface area contributed by atoms with Crippen molar-refractivity contribution in [2.24, 2.45) is 0 Å². The standard InChI is InChI=1S/C10H9BrN4OS/c1-16-7-5-8(15-10(12)14-7)17-9-6(11)3-2-4-13-9/h2-5H,1H3,(H2,12,14,15). The lowest BCUT2D eigenvalue weighted by molar-refractivity contribution is 0.396. The third kappa shape index (κ3) is 3.07. The van der Waals surface area contributed by atoms with Crippen LogP contribution in [0.1, 0.15) is 0 Å². The molecule has 7 heteroatoms. The maximum absolute atomic E-state index is 5.58. The van der Waals surface area contributed by atoms with Gasteiger partial charge in [0.15, 0.2) is 0 Å². The van der Waals surface area contributed by atoms with E-state index in [1.165, 1.54) is 18.9 Å². The van der Waals surface area contributed by atoms with Gasteiger partial charge in [0.25, 0.3) is 0 Å². The Bertz CT molecular complexity index is 537. The topological polar surface area (TPSA) is 73.9 Å². The molecule has 0 aliphatic rings. The molecule has 0 saturated carbocycles. The molecule has 0 aliphatic carbocycles. The predicted octanol–water partition coefficient (Wildman–Crippen LogP) is 2.38. The second kappa shape index (κ2) is 5.33. The molecule has 2 heterocycles. The van der Waals surface area contributed by atoms with E-state index in [1.807, 2.05) is 12.1 Å². The molecule has 0 aliphatic heterocycles. The van der Waals surface area contributed by atoms with Crippen molar-refractivity contribution in [1.82, 2.24) is 15.0 Å². The van der Waals surface area contributed by atoms with Crippen molar-refractivity contribution in [2.75, 3.05) is 12.8 Å². The van der Waals surface area contributed by atoms with Crippen LogP contribution in [-0.4, -0.2) is 22.1 Å². The van der Waals surface area contributed by atoms with Crippen LogP contribution < -0.4 is 10.5 Å². The summed E-state index contributed by atoms with van der Waals surface area (Å²) in [5.74, 6) is 0.617. The van der Waals surface area contributed by atoms with Crippen molar-refractivity contribution in [3.63, 3.8) is 0 Å². The molecule has 0 saturated heterocycles. The number of rotatable bonds is 3. The van der Waals surface area contributed by atoms with E-state index in [2.05, 4.69) is 30.9 Å². The summed E-state index contributed by atoms with van der Waals surface area (Å²) in [6, 6.07) is 5.47. The van der Waals surface area contributed by atoms with Crippen LogP contribution in [0.4, 0.5) is 5.95 Å². The fourth-order valence-corrected chi connectivity index (χ4v) is 2.40. The highest BCUT2D eigenvalue weighted by Gasteiger charge is 2.07. The minimum Gasteiger partial charge on any atom is -0.481 e. The number of hydrogen-bond donors (Lipinski definition) is 1. The third-order valence-electron chi connectivity index (χ3n) is 1.83. The van der Waals surface area contributed by atoms with Gasteiger partial charge in [-0.2, -0.15) is 4.98 Å². The van der Waals surface area contributed by atoms with E-state index < -0.39 is 0 Å². The van der Waals surface area contributed by atoms with Crippen LogP contribution in [0.15, 0.2) is 38.9 Å². The quantitative estimate of drug-likeness (QED) is 0.877. The van der Waals surface area contributed by atoms with Gasteiger partial charge in [-0.15, -0.1) is 0 Å². The van der Waals surface area contributed by atoms with E-state index in [0.29, 0.717) is 10.9 Å². The molecular formula is C10H9BrN4OS. The number of anilines is 1. The summed E-state index contributed by atoms with van der Waals surface area (Å²) in [7, 11) is 1.53. The zero-order valence-corrected chi connectivity index (χ0v) is 11.3. The second-order valence-electron chi connectivity index (χ2n) is 3.00. The van der Waals surface area contributed by atoms with Gasteiger partial charge in [0.1, 0.15) is 10.1 Å². The van der Waals surface area contributed by atoms with Crippen molar-refractivity contribution >= 4 is 33.6 Å². The first kappa shape index (κ1) is 12.1. The number of pyridine rings is 1. The summed E-state index contributed by atoms with van der Waals surface area (Å²) in [6.45, 7) is 0. The summed E-state index contributed by atoms with van der Waals surface area (Å²) < 4.78 is 5.93. The number of nitrogens with two attached hydrogens (primary N) is 1. The smallest absolute Gasteiger partial charge is 0.224 e. The summed E-state index contributed by atoms with van der Waals surface area (Å²) in [4.78, 5) is 12.3. The number of aromatic nitrogens is 3. The molecule has 0 aromatic carbocycles. The first-order valence-electron chi connectivity index (χ1n) is 4.66. The van der Waals surface area contributed by atoms with Gasteiger partial charge in [-0.1, -0.05) is 0 Å². The fourth-order valence-electron chi connectivity index (χ4n) is 1.12. The molecule has 0 radical (unpaired) electrons. The molecule has 5 nitrogen and oxygen atoms in total. The van der Waals surface area contributed by atoms with Crippen LogP contribution in [-0.2, 0) is 0 Å². The van der Waals surface area contributed by atoms with Crippen molar-refractivity contribution < 1.29 is 4.74 Å². The van der Waals surface area contributed by atoms with Crippen LogP contribution in [0.25, 0.3) is 0 Å². The Labute approximate surface area is 111 Å². The highest BCUT2D eigenvalue weighted by molar-refractivity contribution is 9.10. The molecule has 0 bridgehead atoms. The Kier molecular flexibility index (Phi) is 3.80. The van der Waals surface area contributed by atoms with Gasteiger partial charge in [0.2, 0.25) is 11.8 Å². The number of ether oxygens (including phenoxy) is 1. The molecule has 2 aromatic heterocycles. The minimum atomic E-state index is 0.180. The van der Waals surface area contributed by atoms with Crippen molar-refractivity contribution in [2.45, 2.75) is 10.1 Å². The van der Waals surface area contributed by atoms with Crippen LogP contribution in [0.3, 0.4) is 0 Å². The van der Waals surface area contributed by atoms with Crippen LogP contribution >= 0.6 is 27.7 Å². The van der Waals surface area contributed by atoms with Gasteiger partial charge in [0.05, 0.1) is 11.6 Å². The van der Waals surface area contributed by atoms with E-state index in [-0.39, 0.29) is 5.95 Å². The zero-order valence-electron chi connectivity index (χ0n) is 8.92. The minimum absolute atomic E-state index is 0.180. The van der Waals surface area contributed by atoms with Gasteiger partial charge >= 0.3 is 0 Å². The summed E-state index contributed by atoms with van der Waals surface area (Å²) in [5.41, 5.74) is 5.58. The van der Waals surface area contributed by atoms with Gasteiger partial charge in [-0.05, 0) is 39.8 Å². The van der Waals surface area contributed by atoms with E-state index >= 15 is 0 Å². The zero-order chi connectivity index (χ0) is 12.3. The van der Waals surface area contributed by atoms with Crippen LogP contribution in [0.5, 0.6) is 5.88 Å². The number of nitrogen functional groups attached to an aromatic ring is 1. The predicted molar refractivity (Wildman–Crippen MR) is 69.1 cm³/mol. The average Bonchev–Trinajstić information content (AvgIpc) is 2.31. The molecule has 2 aromatic rings. The van der Waals surface area contributed by atoms with Crippen LogP contribution in [0.2, 0.25) is 0 Å². The van der Waals surface area contributed by atoms with Crippen molar-refractivity contribution in [1.29, 1.82) is 0 Å². The Morgan fingerprint density at radius 2 is 2.24 bits per heavy atom. The van der Waals surface area contributed by atoms with Crippen LogP contribution in [0, 0.1) is 0 Å². The Morgan fingerprint density at radius 1 is 1.41 bits per heavy atom. The molecule has 88 valence electrons. The average molecular weight is 313 g/mol. The maximum Gasteiger partial charge on any atom is 0.224 e. The normalized spacial score (nSPS) is 10.2. The van der Waals surface area contributed by atoms with E-state index in [0.717, 1.165) is 9.50 Å². The van der Waals surface area contributed by atoms with Gasteiger partial charge in [-0.3, -0.25) is 0 Å². The second-order valence-corrected chi connectivity index (χ2v) is 4.86. The summed E-state index contributed by atoms with van der Waals surface area (Å²) in [5, 5.41) is 1.50. The number of methoxy groups -OCH3 is 1. The van der Waals surface area contributed by atoms with Gasteiger partial charge in [0, 0.05) is 12.3 Å². The molecule has 2 N–H and O–H groups in total. The lowest BCUT2D eigenvalue weighted by Crippen LogP contribution is -1.98. The Balaban J connectivity index is 2.30. The highest BCUT2D eigenvalue weighted by Crippen LogP contribution is 2.31. The molecule has 0 amide bonds. The summed E-state index contributed by atoms with van der Waals surface area (Å²) >= 11 is 4.81. The molecule has 0 spiro atoms. The number of nitrogens with zero attached hydrogens (tertiary/aromatic N) is 3. The molecule has 0 fully saturated rings. The Morgan fingerprint density at radius 3 is 2.94 bits per heavy atom. The van der Waals surface area contributed by atoms with Crippen molar-refractivity contribution in [3.8, 4) is 5.88 Å². The monoisotopic (exact) mass is 312 g/mol. The summed E-state index contributed by atoms with van der Waals surface area (Å²) in [6.07, 6.45) is 1.72. The van der Waals surface area contributed by atoms with E-state index in [9.17, 15) is 0 Å². The molecule has 0 atom stereocenters. The van der Waals surface area contributed by atoms with E-state index in [1.54, 1.807) is 12.3 Å². The third-order valence-corrected chi connectivity index (χ3v) is 3.67. The molecule has 2 rings (SSSR count). The molecule has 17 heavy (non-hydrogen) atoms. The van der Waals surface area contributed by atoms with E-state index in [4.69, 9.17) is 10.5 Å². The maximum atomic E-state index is 5.58. The lowest BCUT2D eigenvalue weighted by Gasteiger charge is -2.04. The van der Waals surface area contributed by atoms with Gasteiger partial charge in [-0.25, -0.2) is 9.97 Å². The molecular weight excluding hydrogens is 304 g/mol. The first-order chi connectivity index (χ1) is 8.19. The highest BCUT2D eigenvalue weighted by atomic mass is 79.9. The SMILES string of the molecule is COc1cc(Sc2ncccc2Br)nc(N)n1. The van der Waals surface area contributed by atoms with Crippen molar-refractivity contribution in [3.05, 3.63) is 28.9 Å². The first-order valence-corrected chi connectivity index (χ1v) is 6.27. The number of halogens is 1.